The van der Waals surface area contributed by atoms with E-state index in [4.69, 9.17) is 4.74 Å². The fourth-order valence-electron chi connectivity index (χ4n) is 2.25. The summed E-state index contributed by atoms with van der Waals surface area (Å²) in [5, 5.41) is 0. The van der Waals surface area contributed by atoms with E-state index in [9.17, 15) is 18.0 Å². The Morgan fingerprint density at radius 1 is 1.32 bits per heavy atom. The summed E-state index contributed by atoms with van der Waals surface area (Å²) in [7, 11) is 0. The fourth-order valence-corrected chi connectivity index (χ4v) is 3.27. The number of hydrogen-bond donors (Lipinski definition) is 0. The number of carbonyl (C=O) groups excluding carboxylic acids is 1. The topological polar surface area (TPSA) is 29.5 Å². The maximum Gasteiger partial charge on any atom is 0.410 e. The molecule has 1 fully saturated rings. The Hall–Kier alpha value is -0.590. The zero-order chi connectivity index (χ0) is 16.8. The SMILES string of the molecule is CCC(C)(C)OC(=O)N1CCCC1CCSCCC(F)(F)F. The molecule has 1 aliphatic rings. The summed E-state index contributed by atoms with van der Waals surface area (Å²) in [5.74, 6) is 0.727. The van der Waals surface area contributed by atoms with Crippen molar-refractivity contribution in [3.8, 4) is 0 Å². The van der Waals surface area contributed by atoms with E-state index in [1.807, 2.05) is 20.8 Å². The maximum absolute atomic E-state index is 12.2. The number of ether oxygens (including phenoxy) is 1. The minimum Gasteiger partial charge on any atom is -0.443 e. The van der Waals surface area contributed by atoms with Gasteiger partial charge in [0.2, 0.25) is 0 Å². The molecule has 0 aromatic heterocycles. The fraction of sp³-hybridized carbons (Fsp3) is 0.933. The molecule has 1 saturated heterocycles. The van der Waals surface area contributed by atoms with Crippen LogP contribution in [0.3, 0.4) is 0 Å². The lowest BCUT2D eigenvalue weighted by atomic mass is 10.1. The molecule has 1 heterocycles. The van der Waals surface area contributed by atoms with E-state index in [-0.39, 0.29) is 17.9 Å². The maximum atomic E-state index is 12.2. The quantitative estimate of drug-likeness (QED) is 0.620. The van der Waals surface area contributed by atoms with E-state index < -0.39 is 18.2 Å². The molecule has 130 valence electrons. The first-order chi connectivity index (χ1) is 10.1. The van der Waals surface area contributed by atoms with Crippen LogP contribution in [0.15, 0.2) is 0 Å². The summed E-state index contributed by atoms with van der Waals surface area (Å²) in [6.07, 6.45) is -1.83. The molecule has 0 aromatic carbocycles. The molecule has 0 saturated carbocycles. The van der Waals surface area contributed by atoms with Crippen molar-refractivity contribution in [2.45, 2.75) is 70.7 Å². The standard InChI is InChI=1S/C15H26F3NO2S/c1-4-14(2,3)21-13(20)19-9-5-6-12(19)7-10-22-11-8-15(16,17)18/h12H,4-11H2,1-3H3. The van der Waals surface area contributed by atoms with Crippen LogP contribution < -0.4 is 0 Å². The van der Waals surface area contributed by atoms with Crippen LogP contribution in [-0.4, -0.2) is 46.9 Å². The number of carbonyl (C=O) groups is 1. The van der Waals surface area contributed by atoms with Crippen molar-refractivity contribution in [1.82, 2.24) is 4.90 Å². The number of amides is 1. The monoisotopic (exact) mass is 341 g/mol. The van der Waals surface area contributed by atoms with E-state index in [0.29, 0.717) is 12.3 Å². The number of alkyl halides is 3. The zero-order valence-corrected chi connectivity index (χ0v) is 14.4. The lowest BCUT2D eigenvalue weighted by Gasteiger charge is -2.30. The van der Waals surface area contributed by atoms with E-state index in [2.05, 4.69) is 0 Å². The number of thioether (sulfide) groups is 1. The second-order valence-electron chi connectivity index (χ2n) is 6.24. The van der Waals surface area contributed by atoms with Gasteiger partial charge in [-0.1, -0.05) is 6.92 Å². The average Bonchev–Trinajstić information content (AvgIpc) is 2.85. The Bertz CT molecular complexity index is 361. The summed E-state index contributed by atoms with van der Waals surface area (Å²) in [6, 6.07) is 0.0959. The van der Waals surface area contributed by atoms with Gasteiger partial charge in [-0.2, -0.15) is 24.9 Å². The number of hydrogen-bond acceptors (Lipinski definition) is 3. The average molecular weight is 341 g/mol. The highest BCUT2D eigenvalue weighted by atomic mass is 32.2. The molecule has 1 amide bonds. The van der Waals surface area contributed by atoms with Crippen molar-refractivity contribution < 1.29 is 22.7 Å². The van der Waals surface area contributed by atoms with Gasteiger partial charge in [0.25, 0.3) is 0 Å². The number of likely N-dealkylation sites (tertiary alicyclic amines) is 1. The Balaban J connectivity index is 2.32. The first-order valence-electron chi connectivity index (χ1n) is 7.79. The Morgan fingerprint density at radius 3 is 2.59 bits per heavy atom. The molecule has 22 heavy (non-hydrogen) atoms. The van der Waals surface area contributed by atoms with Crippen LogP contribution in [0.5, 0.6) is 0 Å². The lowest BCUT2D eigenvalue weighted by molar-refractivity contribution is -0.129. The van der Waals surface area contributed by atoms with E-state index in [0.717, 1.165) is 25.7 Å². The van der Waals surface area contributed by atoms with Gasteiger partial charge in [-0.3, -0.25) is 0 Å². The Labute approximate surface area is 134 Å². The molecule has 0 N–H and O–H groups in total. The second-order valence-corrected chi connectivity index (χ2v) is 7.46. The molecule has 0 radical (unpaired) electrons. The van der Waals surface area contributed by atoms with Crippen LogP contribution in [0.2, 0.25) is 0 Å². The molecule has 0 bridgehead atoms. The molecule has 0 aliphatic carbocycles. The summed E-state index contributed by atoms with van der Waals surface area (Å²) in [5.41, 5.74) is -0.480. The number of halogens is 3. The highest BCUT2D eigenvalue weighted by Crippen LogP contribution is 2.26. The molecular formula is C15H26F3NO2S. The number of nitrogens with zero attached hydrogens (tertiary/aromatic N) is 1. The van der Waals surface area contributed by atoms with E-state index in [1.54, 1.807) is 4.90 Å². The van der Waals surface area contributed by atoms with Gasteiger partial charge < -0.3 is 9.64 Å². The smallest absolute Gasteiger partial charge is 0.410 e. The lowest BCUT2D eigenvalue weighted by Crippen LogP contribution is -2.40. The molecule has 1 atom stereocenters. The summed E-state index contributed by atoms with van der Waals surface area (Å²) >= 11 is 1.30. The van der Waals surface area contributed by atoms with Crippen LogP contribution in [-0.2, 0) is 4.74 Å². The molecule has 1 unspecified atom stereocenters. The van der Waals surface area contributed by atoms with Gasteiger partial charge in [0.1, 0.15) is 5.60 Å². The van der Waals surface area contributed by atoms with Crippen molar-refractivity contribution in [3.05, 3.63) is 0 Å². The Kier molecular flexibility index (Phi) is 7.35. The molecule has 3 nitrogen and oxygen atoms in total. The van der Waals surface area contributed by atoms with Crippen LogP contribution in [0, 0.1) is 0 Å². The van der Waals surface area contributed by atoms with Gasteiger partial charge in [-0.15, -0.1) is 0 Å². The third kappa shape index (κ3) is 7.11. The van der Waals surface area contributed by atoms with Crippen molar-refractivity contribution in [1.29, 1.82) is 0 Å². The van der Waals surface area contributed by atoms with Gasteiger partial charge in [-0.05, 0) is 45.3 Å². The zero-order valence-electron chi connectivity index (χ0n) is 13.5. The van der Waals surface area contributed by atoms with Crippen LogP contribution in [0.1, 0.15) is 52.9 Å². The molecule has 1 rings (SSSR count). The molecule has 1 aliphatic heterocycles. The molecule has 0 aromatic rings. The van der Waals surface area contributed by atoms with E-state index >= 15 is 0 Å². The predicted molar refractivity (Wildman–Crippen MR) is 83.2 cm³/mol. The van der Waals surface area contributed by atoms with Crippen molar-refractivity contribution in [2.75, 3.05) is 18.1 Å². The highest BCUT2D eigenvalue weighted by Gasteiger charge is 2.32. The van der Waals surface area contributed by atoms with Gasteiger partial charge in [-0.25, -0.2) is 4.79 Å². The first kappa shape index (κ1) is 19.5. The summed E-state index contributed by atoms with van der Waals surface area (Å²) in [4.78, 5) is 13.9. The molecule has 7 heteroatoms. The van der Waals surface area contributed by atoms with E-state index in [1.165, 1.54) is 11.8 Å². The predicted octanol–water partition coefficient (Wildman–Crippen LogP) is 4.85. The van der Waals surface area contributed by atoms with Gasteiger partial charge in [0, 0.05) is 18.3 Å². The first-order valence-corrected chi connectivity index (χ1v) is 8.94. The van der Waals surface area contributed by atoms with Crippen LogP contribution in [0.4, 0.5) is 18.0 Å². The molecular weight excluding hydrogens is 315 g/mol. The summed E-state index contributed by atoms with van der Waals surface area (Å²) < 4.78 is 41.7. The van der Waals surface area contributed by atoms with Gasteiger partial charge >= 0.3 is 12.3 Å². The van der Waals surface area contributed by atoms with Crippen LogP contribution in [0.25, 0.3) is 0 Å². The van der Waals surface area contributed by atoms with Crippen molar-refractivity contribution >= 4 is 17.9 Å². The third-order valence-corrected chi connectivity index (χ3v) is 4.97. The van der Waals surface area contributed by atoms with Gasteiger partial charge in [0.05, 0.1) is 6.42 Å². The highest BCUT2D eigenvalue weighted by molar-refractivity contribution is 7.99. The van der Waals surface area contributed by atoms with Crippen molar-refractivity contribution in [3.63, 3.8) is 0 Å². The third-order valence-electron chi connectivity index (χ3n) is 3.95. The number of rotatable bonds is 7. The molecule has 0 spiro atoms. The normalized spacial score (nSPS) is 19.5. The Morgan fingerprint density at radius 2 is 2.00 bits per heavy atom. The van der Waals surface area contributed by atoms with Crippen LogP contribution >= 0.6 is 11.8 Å². The summed E-state index contributed by atoms with van der Waals surface area (Å²) in [6.45, 7) is 6.40. The minimum atomic E-state index is -4.08. The minimum absolute atomic E-state index is 0.0868. The second kappa shape index (κ2) is 8.31. The largest absolute Gasteiger partial charge is 0.443 e. The van der Waals surface area contributed by atoms with Crippen molar-refractivity contribution in [2.24, 2.45) is 0 Å². The van der Waals surface area contributed by atoms with Gasteiger partial charge in [0.15, 0.2) is 0 Å².